The van der Waals surface area contributed by atoms with E-state index in [0.29, 0.717) is 25.3 Å². The van der Waals surface area contributed by atoms with E-state index in [4.69, 9.17) is 5.73 Å². The maximum atomic E-state index is 13.9. The molecule has 2 heterocycles. The van der Waals surface area contributed by atoms with Crippen LogP contribution in [0.25, 0.3) is 0 Å². The summed E-state index contributed by atoms with van der Waals surface area (Å²) in [6, 6.07) is 19.9. The Hall–Kier alpha value is -2.41. The van der Waals surface area contributed by atoms with Crippen molar-refractivity contribution in [3.05, 3.63) is 71.8 Å². The number of nitrogens with two attached hydrogens (primary N) is 1. The fourth-order valence-electron chi connectivity index (χ4n) is 5.85. The molecule has 2 saturated heterocycles. The van der Waals surface area contributed by atoms with Gasteiger partial charge in [-0.2, -0.15) is 0 Å². The van der Waals surface area contributed by atoms with Gasteiger partial charge in [-0.3, -0.25) is 14.5 Å². The van der Waals surface area contributed by atoms with Crippen molar-refractivity contribution in [3.63, 3.8) is 0 Å². The predicted octanol–water partition coefficient (Wildman–Crippen LogP) is 4.34. The number of benzene rings is 2. The first kappa shape index (κ1) is 29.2. The molecule has 5 atom stereocenters. The lowest BCUT2D eigenvalue weighted by Gasteiger charge is -2.34. The molecule has 0 bridgehead atoms. The fraction of sp³-hybridized carbons (Fsp3) is 0.533. The molecule has 6 nitrogen and oxygen atoms in total. The van der Waals surface area contributed by atoms with E-state index < -0.39 is 6.04 Å². The number of hydrogen-bond acceptors (Lipinski definition) is 4. The van der Waals surface area contributed by atoms with Crippen molar-refractivity contribution in [2.45, 2.75) is 83.1 Å². The largest absolute Gasteiger partial charge is 0.348 e. The van der Waals surface area contributed by atoms with E-state index in [0.717, 1.165) is 31.4 Å². The number of nitrogens with zero attached hydrogens (tertiary/aromatic N) is 2. The minimum atomic E-state index is -0.477. The molecule has 2 aliphatic heterocycles. The van der Waals surface area contributed by atoms with Gasteiger partial charge in [-0.1, -0.05) is 74.5 Å². The van der Waals surface area contributed by atoms with Crippen molar-refractivity contribution >= 4 is 24.2 Å². The van der Waals surface area contributed by atoms with Crippen molar-refractivity contribution in [2.24, 2.45) is 11.7 Å². The predicted molar refractivity (Wildman–Crippen MR) is 151 cm³/mol. The van der Waals surface area contributed by atoms with E-state index in [1.165, 1.54) is 5.56 Å². The first-order chi connectivity index (χ1) is 17.3. The number of halogens is 1. The lowest BCUT2D eigenvalue weighted by Crippen LogP contribution is -2.54. The van der Waals surface area contributed by atoms with Crippen LogP contribution >= 0.6 is 12.4 Å². The molecule has 0 aromatic heterocycles. The lowest BCUT2D eigenvalue weighted by atomic mass is 9.99. The summed E-state index contributed by atoms with van der Waals surface area (Å²) in [4.78, 5) is 31.8. The van der Waals surface area contributed by atoms with Gasteiger partial charge in [0, 0.05) is 25.2 Å². The Morgan fingerprint density at radius 2 is 1.70 bits per heavy atom. The molecule has 0 aliphatic carbocycles. The Labute approximate surface area is 228 Å². The van der Waals surface area contributed by atoms with Crippen LogP contribution in [0.15, 0.2) is 60.7 Å². The fourth-order valence-corrected chi connectivity index (χ4v) is 5.85. The molecular formula is C30H43ClN4O2. The molecular weight excluding hydrogens is 484 g/mol. The minimum absolute atomic E-state index is 0. The van der Waals surface area contributed by atoms with E-state index in [2.05, 4.69) is 48.3 Å². The molecule has 2 aromatic carbocycles. The van der Waals surface area contributed by atoms with Crippen molar-refractivity contribution in [3.8, 4) is 0 Å². The van der Waals surface area contributed by atoms with Crippen LogP contribution in [0.3, 0.4) is 0 Å². The van der Waals surface area contributed by atoms with Gasteiger partial charge in [0.1, 0.15) is 6.04 Å². The molecule has 4 rings (SSSR count). The number of carbonyl (C=O) groups excluding carboxylic acids is 2. The zero-order chi connectivity index (χ0) is 25.7. The molecule has 2 fully saturated rings. The molecule has 2 amide bonds. The summed E-state index contributed by atoms with van der Waals surface area (Å²) in [6.45, 7) is 7.58. The molecule has 37 heavy (non-hydrogen) atoms. The maximum absolute atomic E-state index is 13.9. The average molecular weight is 527 g/mol. The van der Waals surface area contributed by atoms with Gasteiger partial charge in [0.15, 0.2) is 0 Å². The third-order valence-electron chi connectivity index (χ3n) is 7.75. The first-order valence-electron chi connectivity index (χ1n) is 13.5. The van der Waals surface area contributed by atoms with E-state index in [9.17, 15) is 9.59 Å². The summed E-state index contributed by atoms with van der Waals surface area (Å²) < 4.78 is 0. The second-order valence-electron chi connectivity index (χ2n) is 11.0. The zero-order valence-corrected chi connectivity index (χ0v) is 23.2. The maximum Gasteiger partial charge on any atom is 0.243 e. The third kappa shape index (κ3) is 7.34. The minimum Gasteiger partial charge on any atom is -0.348 e. The summed E-state index contributed by atoms with van der Waals surface area (Å²) in [5, 5.41) is 3.20. The van der Waals surface area contributed by atoms with Crippen LogP contribution < -0.4 is 11.1 Å². The average Bonchev–Trinajstić information content (AvgIpc) is 3.21. The lowest BCUT2D eigenvalue weighted by molar-refractivity contribution is -0.143. The van der Waals surface area contributed by atoms with E-state index in [-0.39, 0.29) is 48.4 Å². The zero-order valence-electron chi connectivity index (χ0n) is 22.4. The molecule has 202 valence electrons. The highest BCUT2D eigenvalue weighted by Crippen LogP contribution is 2.30. The van der Waals surface area contributed by atoms with Gasteiger partial charge in [0.05, 0.1) is 12.1 Å². The summed E-state index contributed by atoms with van der Waals surface area (Å²) in [7, 11) is 0. The van der Waals surface area contributed by atoms with Crippen LogP contribution in [0.5, 0.6) is 0 Å². The van der Waals surface area contributed by atoms with Gasteiger partial charge in [-0.05, 0) is 56.1 Å². The summed E-state index contributed by atoms with van der Waals surface area (Å²) in [5.41, 5.74) is 8.75. The van der Waals surface area contributed by atoms with Crippen molar-refractivity contribution in [2.75, 3.05) is 13.1 Å². The van der Waals surface area contributed by atoms with Crippen LogP contribution in [0, 0.1) is 5.92 Å². The summed E-state index contributed by atoms with van der Waals surface area (Å²) >= 11 is 0. The SMILES string of the molecule is CC(C)C[C@H](C(=O)N[C@@H](C)c1ccccc1)N1CCC(CCc2ccccc2)N2C[C@H](N)C[C@H]2C1=O.Cl. The number of rotatable bonds is 9. The molecule has 3 N–H and O–H groups in total. The van der Waals surface area contributed by atoms with Crippen molar-refractivity contribution in [1.29, 1.82) is 0 Å². The number of amides is 2. The van der Waals surface area contributed by atoms with Crippen LogP contribution in [0.4, 0.5) is 0 Å². The molecule has 2 aromatic rings. The Morgan fingerprint density at radius 1 is 1.05 bits per heavy atom. The van der Waals surface area contributed by atoms with Gasteiger partial charge in [0.25, 0.3) is 0 Å². The van der Waals surface area contributed by atoms with Crippen LogP contribution in [0.2, 0.25) is 0 Å². The number of fused-ring (bicyclic) bond motifs is 1. The van der Waals surface area contributed by atoms with Gasteiger partial charge in [0.2, 0.25) is 11.8 Å². The van der Waals surface area contributed by atoms with Crippen LogP contribution in [0.1, 0.15) is 63.6 Å². The monoisotopic (exact) mass is 526 g/mol. The molecule has 0 radical (unpaired) electrons. The molecule has 0 spiro atoms. The van der Waals surface area contributed by atoms with Crippen molar-refractivity contribution in [1.82, 2.24) is 15.1 Å². The molecule has 2 aliphatic rings. The van der Waals surface area contributed by atoms with E-state index >= 15 is 0 Å². The summed E-state index contributed by atoms with van der Waals surface area (Å²) in [6.07, 6.45) is 4.13. The van der Waals surface area contributed by atoms with Crippen molar-refractivity contribution < 1.29 is 9.59 Å². The normalized spacial score (nSPS) is 23.6. The molecule has 0 saturated carbocycles. The van der Waals surface area contributed by atoms with E-state index in [1.54, 1.807) is 0 Å². The second kappa shape index (κ2) is 13.4. The van der Waals surface area contributed by atoms with Gasteiger partial charge in [-0.15, -0.1) is 12.4 Å². The topological polar surface area (TPSA) is 78.7 Å². The van der Waals surface area contributed by atoms with Gasteiger partial charge < -0.3 is 16.0 Å². The highest BCUT2D eigenvalue weighted by atomic mass is 35.5. The second-order valence-corrected chi connectivity index (χ2v) is 11.0. The Balaban J connectivity index is 0.00000380. The Morgan fingerprint density at radius 3 is 2.35 bits per heavy atom. The number of aryl methyl sites for hydroxylation is 1. The highest BCUT2D eigenvalue weighted by Gasteiger charge is 2.45. The number of carbonyl (C=O) groups is 2. The smallest absolute Gasteiger partial charge is 0.243 e. The quantitative estimate of drug-likeness (QED) is 0.509. The first-order valence-corrected chi connectivity index (χ1v) is 13.5. The number of nitrogens with one attached hydrogen (secondary N) is 1. The standard InChI is InChI=1S/C30H42N4O2.ClH/c1-21(2)18-27(29(35)32-22(3)24-12-8-5-9-13-24)33-17-16-26(15-14-23-10-6-4-7-11-23)34-20-25(31)19-28(34)30(33)36;/h4-13,21-22,25-28H,14-20,31H2,1-3H3,(H,32,35);1H/t22-,25+,26?,27+,28-;/m0./s1. The summed E-state index contributed by atoms with van der Waals surface area (Å²) in [5.74, 6) is 0.294. The Bertz CT molecular complexity index is 1000. The Kier molecular flexibility index (Phi) is 10.6. The molecule has 7 heteroatoms. The third-order valence-corrected chi connectivity index (χ3v) is 7.75. The van der Waals surface area contributed by atoms with Crippen LogP contribution in [-0.2, 0) is 16.0 Å². The van der Waals surface area contributed by atoms with Crippen LogP contribution in [-0.4, -0.2) is 58.9 Å². The number of hydrogen-bond donors (Lipinski definition) is 2. The highest BCUT2D eigenvalue weighted by molar-refractivity contribution is 5.90. The van der Waals surface area contributed by atoms with Gasteiger partial charge in [-0.25, -0.2) is 0 Å². The van der Waals surface area contributed by atoms with E-state index in [1.807, 2.05) is 48.2 Å². The van der Waals surface area contributed by atoms with Gasteiger partial charge >= 0.3 is 0 Å². The molecule has 1 unspecified atom stereocenters.